The monoisotopic (exact) mass is 415 g/mol. The molecule has 9 heteroatoms. The number of carbonyl (C=O) groups excluding carboxylic acids is 5. The van der Waals surface area contributed by atoms with Gasteiger partial charge in [0.25, 0.3) is 0 Å². The minimum Gasteiger partial charge on any atom is -0.465 e. The van der Waals surface area contributed by atoms with Crippen molar-refractivity contribution >= 4 is 29.7 Å². The molecule has 1 aliphatic heterocycles. The third kappa shape index (κ3) is 4.34. The standard InChI is InChI=1S/C21H25N3O6/c1-13-5-3-4-6-16(13)24-19(27)18(26)23(21(24)29)12-17(25)22-11-14-7-9-15(10-8-14)20(28)30-2/h7-10,13,16H,3-6,11-12H2,1-2H3,(H,22,25)/t13-,16+/m1/s1. The van der Waals surface area contributed by atoms with Crippen LogP contribution in [0.15, 0.2) is 24.3 Å². The van der Waals surface area contributed by atoms with Gasteiger partial charge in [0.15, 0.2) is 0 Å². The molecule has 2 atom stereocenters. The Morgan fingerprint density at radius 1 is 1.07 bits per heavy atom. The van der Waals surface area contributed by atoms with E-state index in [1.165, 1.54) is 7.11 Å². The summed E-state index contributed by atoms with van der Waals surface area (Å²) < 4.78 is 4.63. The van der Waals surface area contributed by atoms with Crippen molar-refractivity contribution in [2.24, 2.45) is 5.92 Å². The molecule has 1 aromatic carbocycles. The quantitative estimate of drug-likeness (QED) is 0.428. The summed E-state index contributed by atoms with van der Waals surface area (Å²) in [7, 11) is 1.29. The fraction of sp³-hybridized carbons (Fsp3) is 0.476. The molecule has 3 rings (SSSR count). The molecule has 0 spiro atoms. The zero-order chi connectivity index (χ0) is 21.8. The highest BCUT2D eigenvalue weighted by Crippen LogP contribution is 2.31. The maximum Gasteiger partial charge on any atom is 0.337 e. The van der Waals surface area contributed by atoms with Gasteiger partial charge in [0.2, 0.25) is 5.91 Å². The molecule has 1 aliphatic carbocycles. The molecular formula is C21H25N3O6. The highest BCUT2D eigenvalue weighted by molar-refractivity contribution is 6.45. The Morgan fingerprint density at radius 2 is 1.73 bits per heavy atom. The van der Waals surface area contributed by atoms with Gasteiger partial charge in [-0.15, -0.1) is 0 Å². The Bertz CT molecular complexity index is 866. The smallest absolute Gasteiger partial charge is 0.337 e. The van der Waals surface area contributed by atoms with Crippen LogP contribution >= 0.6 is 0 Å². The van der Waals surface area contributed by atoms with E-state index in [0.29, 0.717) is 16.9 Å². The van der Waals surface area contributed by atoms with Crippen molar-refractivity contribution in [3.63, 3.8) is 0 Å². The Hall–Kier alpha value is -3.23. The highest BCUT2D eigenvalue weighted by Gasteiger charge is 2.49. The Kier molecular flexibility index (Phi) is 6.49. The number of amides is 5. The molecule has 2 fully saturated rings. The lowest BCUT2D eigenvalue weighted by atomic mass is 9.85. The van der Waals surface area contributed by atoms with Crippen LogP contribution in [0.3, 0.4) is 0 Å². The minimum atomic E-state index is -0.963. The van der Waals surface area contributed by atoms with Crippen molar-refractivity contribution in [1.29, 1.82) is 0 Å². The van der Waals surface area contributed by atoms with E-state index >= 15 is 0 Å². The summed E-state index contributed by atoms with van der Waals surface area (Å²) in [5, 5.41) is 2.62. The molecular weight excluding hydrogens is 390 g/mol. The minimum absolute atomic E-state index is 0.126. The van der Waals surface area contributed by atoms with Gasteiger partial charge in [0.1, 0.15) is 6.54 Å². The van der Waals surface area contributed by atoms with E-state index < -0.39 is 36.3 Å². The van der Waals surface area contributed by atoms with Gasteiger partial charge in [0.05, 0.1) is 12.7 Å². The Morgan fingerprint density at radius 3 is 2.37 bits per heavy atom. The van der Waals surface area contributed by atoms with Gasteiger partial charge in [-0.3, -0.25) is 19.3 Å². The SMILES string of the molecule is COC(=O)c1ccc(CNC(=O)CN2C(=O)C(=O)N([C@H]3CCCC[C@H]3C)C2=O)cc1. The van der Waals surface area contributed by atoms with Crippen molar-refractivity contribution in [3.8, 4) is 0 Å². The van der Waals surface area contributed by atoms with Gasteiger partial charge < -0.3 is 10.1 Å². The molecule has 1 saturated carbocycles. The van der Waals surface area contributed by atoms with Crippen LogP contribution in [0, 0.1) is 5.92 Å². The zero-order valence-corrected chi connectivity index (χ0v) is 17.1. The molecule has 5 amide bonds. The summed E-state index contributed by atoms with van der Waals surface area (Å²) in [6.07, 6.45) is 3.50. The number of nitrogens with one attached hydrogen (secondary N) is 1. The van der Waals surface area contributed by atoms with E-state index in [0.717, 1.165) is 29.7 Å². The van der Waals surface area contributed by atoms with Gasteiger partial charge in [-0.25, -0.2) is 14.5 Å². The summed E-state index contributed by atoms with van der Waals surface area (Å²) >= 11 is 0. The van der Waals surface area contributed by atoms with E-state index in [2.05, 4.69) is 10.1 Å². The van der Waals surface area contributed by atoms with Gasteiger partial charge in [0, 0.05) is 12.6 Å². The van der Waals surface area contributed by atoms with E-state index in [-0.39, 0.29) is 18.5 Å². The molecule has 9 nitrogen and oxygen atoms in total. The maximum absolute atomic E-state index is 12.7. The van der Waals surface area contributed by atoms with Crippen molar-refractivity contribution < 1.29 is 28.7 Å². The predicted octanol–water partition coefficient (Wildman–Crippen LogP) is 1.46. The number of ether oxygens (including phenoxy) is 1. The second kappa shape index (κ2) is 9.06. The third-order valence-electron chi connectivity index (χ3n) is 5.65. The van der Waals surface area contributed by atoms with E-state index in [9.17, 15) is 24.0 Å². The topological polar surface area (TPSA) is 113 Å². The first-order valence-electron chi connectivity index (χ1n) is 9.96. The number of hydrogen-bond donors (Lipinski definition) is 1. The lowest BCUT2D eigenvalue weighted by Gasteiger charge is -2.34. The second-order valence-electron chi connectivity index (χ2n) is 7.64. The summed E-state index contributed by atoms with van der Waals surface area (Å²) in [4.78, 5) is 62.8. The number of rotatable bonds is 6. The fourth-order valence-corrected chi connectivity index (χ4v) is 3.91. The molecule has 30 heavy (non-hydrogen) atoms. The number of urea groups is 1. The van der Waals surface area contributed by atoms with Gasteiger partial charge >= 0.3 is 23.8 Å². The fourth-order valence-electron chi connectivity index (χ4n) is 3.91. The van der Waals surface area contributed by atoms with Crippen LogP contribution in [0.4, 0.5) is 4.79 Å². The average Bonchev–Trinajstić information content (AvgIpc) is 2.96. The average molecular weight is 415 g/mol. The number of hydrogen-bond acceptors (Lipinski definition) is 6. The van der Waals surface area contributed by atoms with E-state index in [4.69, 9.17) is 0 Å². The van der Waals surface area contributed by atoms with Crippen molar-refractivity contribution in [1.82, 2.24) is 15.1 Å². The van der Waals surface area contributed by atoms with Crippen molar-refractivity contribution in [2.45, 2.75) is 45.2 Å². The number of benzene rings is 1. The first-order valence-corrected chi connectivity index (χ1v) is 9.96. The molecule has 1 aromatic rings. The zero-order valence-electron chi connectivity index (χ0n) is 17.1. The van der Waals surface area contributed by atoms with Gasteiger partial charge in [-0.05, 0) is 36.5 Å². The largest absolute Gasteiger partial charge is 0.465 e. The predicted molar refractivity (Wildman–Crippen MR) is 105 cm³/mol. The Balaban J connectivity index is 1.58. The van der Waals surface area contributed by atoms with Crippen LogP contribution in [0.25, 0.3) is 0 Å². The molecule has 0 radical (unpaired) electrons. The van der Waals surface area contributed by atoms with Crippen LogP contribution in [0.2, 0.25) is 0 Å². The van der Waals surface area contributed by atoms with Crippen molar-refractivity contribution in [2.75, 3.05) is 13.7 Å². The molecule has 0 bridgehead atoms. The molecule has 2 aliphatic rings. The first kappa shape index (κ1) is 21.5. The van der Waals surface area contributed by atoms with Crippen LogP contribution < -0.4 is 5.32 Å². The first-order chi connectivity index (χ1) is 14.3. The van der Waals surface area contributed by atoms with E-state index in [1.54, 1.807) is 24.3 Å². The number of imide groups is 2. The van der Waals surface area contributed by atoms with Gasteiger partial charge in [-0.2, -0.15) is 0 Å². The van der Waals surface area contributed by atoms with Crippen LogP contribution in [0.5, 0.6) is 0 Å². The molecule has 1 N–H and O–H groups in total. The van der Waals surface area contributed by atoms with Crippen molar-refractivity contribution in [3.05, 3.63) is 35.4 Å². The normalized spacial score (nSPS) is 21.7. The lowest BCUT2D eigenvalue weighted by molar-refractivity contribution is -0.145. The molecule has 0 unspecified atom stereocenters. The lowest BCUT2D eigenvalue weighted by Crippen LogP contribution is -2.47. The molecule has 160 valence electrons. The van der Waals surface area contributed by atoms with Crippen LogP contribution in [-0.2, 0) is 25.7 Å². The summed E-state index contributed by atoms with van der Waals surface area (Å²) in [6, 6.07) is 5.44. The highest BCUT2D eigenvalue weighted by atomic mass is 16.5. The van der Waals surface area contributed by atoms with Gasteiger partial charge in [-0.1, -0.05) is 31.9 Å². The molecule has 1 heterocycles. The number of esters is 1. The second-order valence-corrected chi connectivity index (χ2v) is 7.64. The summed E-state index contributed by atoms with van der Waals surface area (Å²) in [5.74, 6) is -2.71. The summed E-state index contributed by atoms with van der Waals surface area (Å²) in [5.41, 5.74) is 1.11. The maximum atomic E-state index is 12.7. The third-order valence-corrected chi connectivity index (χ3v) is 5.65. The molecule has 0 aromatic heterocycles. The van der Waals surface area contributed by atoms with Crippen LogP contribution in [-0.4, -0.2) is 59.2 Å². The van der Waals surface area contributed by atoms with Crippen LogP contribution in [0.1, 0.15) is 48.5 Å². The summed E-state index contributed by atoms with van der Waals surface area (Å²) in [6.45, 7) is 1.60. The number of methoxy groups -OCH3 is 1. The van der Waals surface area contributed by atoms with E-state index in [1.807, 2.05) is 6.92 Å². The number of carbonyl (C=O) groups is 5. The number of nitrogens with zero attached hydrogens (tertiary/aromatic N) is 2. The molecule has 1 saturated heterocycles. The Labute approximate surface area is 174 Å².